The van der Waals surface area contributed by atoms with Gasteiger partial charge in [0.15, 0.2) is 11.5 Å². The summed E-state index contributed by atoms with van der Waals surface area (Å²) in [6, 6.07) is 12.5. The first-order valence-electron chi connectivity index (χ1n) is 8.89. The van der Waals surface area contributed by atoms with Gasteiger partial charge in [-0.05, 0) is 30.3 Å². The zero-order valence-electron chi connectivity index (χ0n) is 16.1. The summed E-state index contributed by atoms with van der Waals surface area (Å²) in [5.41, 5.74) is 1.52. The van der Waals surface area contributed by atoms with Crippen molar-refractivity contribution in [3.05, 3.63) is 70.2 Å². The molecule has 0 saturated heterocycles. The lowest BCUT2D eigenvalue weighted by atomic mass is 10.2. The molecule has 0 spiro atoms. The third-order valence-corrected chi connectivity index (χ3v) is 5.02. The second kappa shape index (κ2) is 9.70. The fourth-order valence-corrected chi connectivity index (χ4v) is 3.35. The largest absolute Gasteiger partial charge is 0.493 e. The number of methoxy groups -OCH3 is 1. The average molecular weight is 411 g/mol. The summed E-state index contributed by atoms with van der Waals surface area (Å²) in [4.78, 5) is 29.1. The maximum atomic E-state index is 12.5. The van der Waals surface area contributed by atoms with E-state index in [-0.39, 0.29) is 11.8 Å². The van der Waals surface area contributed by atoms with Crippen molar-refractivity contribution >= 4 is 28.8 Å². The van der Waals surface area contributed by atoms with Crippen molar-refractivity contribution in [2.24, 2.45) is 0 Å². The molecule has 0 fully saturated rings. The van der Waals surface area contributed by atoms with Gasteiger partial charge in [0.05, 0.1) is 18.5 Å². The van der Waals surface area contributed by atoms with Crippen LogP contribution in [-0.2, 0) is 17.9 Å². The number of carbonyl (C=O) groups excluding carboxylic acids is 2. The topological polar surface area (TPSA) is 89.6 Å². The lowest BCUT2D eigenvalue weighted by Crippen LogP contribution is -2.18. The van der Waals surface area contributed by atoms with E-state index in [0.717, 1.165) is 10.4 Å². The number of amides is 2. The molecule has 0 aliphatic rings. The van der Waals surface area contributed by atoms with Crippen molar-refractivity contribution in [1.29, 1.82) is 0 Å². The smallest absolute Gasteiger partial charge is 0.265 e. The van der Waals surface area contributed by atoms with Crippen molar-refractivity contribution in [1.82, 2.24) is 10.3 Å². The molecule has 0 saturated carbocycles. The minimum Gasteiger partial charge on any atom is -0.493 e. The number of ether oxygens (including phenoxy) is 2. The molecule has 0 unspecified atom stereocenters. The summed E-state index contributed by atoms with van der Waals surface area (Å²) in [5.74, 6) is 0.751. The van der Waals surface area contributed by atoms with Crippen molar-refractivity contribution in [3.63, 3.8) is 0 Å². The SMILES string of the molecule is COc1ccc(NC(=O)c2ccc(CNC(C)=O)s2)cc1OCc1cccnc1. The maximum absolute atomic E-state index is 12.5. The molecule has 1 aromatic carbocycles. The van der Waals surface area contributed by atoms with Gasteiger partial charge in [-0.15, -0.1) is 11.3 Å². The van der Waals surface area contributed by atoms with Gasteiger partial charge in [0, 0.05) is 41.5 Å². The van der Waals surface area contributed by atoms with Crippen LogP contribution in [0.1, 0.15) is 27.0 Å². The number of nitrogens with one attached hydrogen (secondary N) is 2. The first-order valence-corrected chi connectivity index (χ1v) is 9.71. The van der Waals surface area contributed by atoms with Gasteiger partial charge in [-0.2, -0.15) is 0 Å². The van der Waals surface area contributed by atoms with Crippen LogP contribution in [0.5, 0.6) is 11.5 Å². The highest BCUT2D eigenvalue weighted by atomic mass is 32.1. The van der Waals surface area contributed by atoms with Gasteiger partial charge < -0.3 is 20.1 Å². The summed E-state index contributed by atoms with van der Waals surface area (Å²) in [7, 11) is 1.56. The summed E-state index contributed by atoms with van der Waals surface area (Å²) in [5, 5.41) is 5.58. The maximum Gasteiger partial charge on any atom is 0.265 e. The number of thiophene rings is 1. The van der Waals surface area contributed by atoms with E-state index >= 15 is 0 Å². The first-order chi connectivity index (χ1) is 14.0. The van der Waals surface area contributed by atoms with Crippen molar-refractivity contribution in [2.45, 2.75) is 20.1 Å². The van der Waals surface area contributed by atoms with Crippen LogP contribution in [0.4, 0.5) is 5.69 Å². The third-order valence-electron chi connectivity index (χ3n) is 3.94. The Morgan fingerprint density at radius 1 is 1.14 bits per heavy atom. The van der Waals surface area contributed by atoms with Gasteiger partial charge in [0.25, 0.3) is 5.91 Å². The number of hydrogen-bond acceptors (Lipinski definition) is 6. The van der Waals surface area contributed by atoms with E-state index in [1.165, 1.54) is 18.3 Å². The molecular weight excluding hydrogens is 390 g/mol. The van der Waals surface area contributed by atoms with E-state index in [1.807, 2.05) is 18.2 Å². The van der Waals surface area contributed by atoms with E-state index in [2.05, 4.69) is 15.6 Å². The number of hydrogen-bond donors (Lipinski definition) is 2. The van der Waals surface area contributed by atoms with E-state index in [0.29, 0.717) is 35.2 Å². The van der Waals surface area contributed by atoms with E-state index in [9.17, 15) is 9.59 Å². The highest BCUT2D eigenvalue weighted by molar-refractivity contribution is 7.14. The van der Waals surface area contributed by atoms with Crippen LogP contribution in [0.3, 0.4) is 0 Å². The van der Waals surface area contributed by atoms with Gasteiger partial charge >= 0.3 is 0 Å². The predicted octanol–water partition coefficient (Wildman–Crippen LogP) is 3.62. The van der Waals surface area contributed by atoms with Crippen molar-refractivity contribution < 1.29 is 19.1 Å². The second-order valence-corrected chi connectivity index (χ2v) is 7.31. The van der Waals surface area contributed by atoms with Crippen LogP contribution in [0.2, 0.25) is 0 Å². The average Bonchev–Trinajstić information content (AvgIpc) is 3.21. The number of benzene rings is 1. The number of pyridine rings is 1. The molecule has 2 N–H and O–H groups in total. The zero-order valence-corrected chi connectivity index (χ0v) is 16.9. The van der Waals surface area contributed by atoms with Crippen molar-refractivity contribution in [2.75, 3.05) is 12.4 Å². The summed E-state index contributed by atoms with van der Waals surface area (Å²) >= 11 is 1.33. The highest BCUT2D eigenvalue weighted by Crippen LogP contribution is 2.31. The molecule has 2 amide bonds. The lowest BCUT2D eigenvalue weighted by Gasteiger charge is -2.13. The molecule has 2 heterocycles. The molecule has 2 aromatic heterocycles. The van der Waals surface area contributed by atoms with Crippen LogP contribution >= 0.6 is 11.3 Å². The standard InChI is InChI=1S/C21H21N3O4S/c1-14(25)23-12-17-6-8-20(29-17)21(26)24-16-5-7-18(27-2)19(10-16)28-13-15-4-3-9-22-11-15/h3-11H,12-13H2,1-2H3,(H,23,25)(H,24,26). The predicted molar refractivity (Wildman–Crippen MR) is 111 cm³/mol. The second-order valence-electron chi connectivity index (χ2n) is 6.15. The van der Waals surface area contributed by atoms with Crippen LogP contribution in [-0.4, -0.2) is 23.9 Å². The van der Waals surface area contributed by atoms with E-state index in [1.54, 1.807) is 43.8 Å². The summed E-state index contributed by atoms with van der Waals surface area (Å²) in [6.07, 6.45) is 3.43. The Bertz CT molecular complexity index is 989. The van der Waals surface area contributed by atoms with Crippen LogP contribution in [0.25, 0.3) is 0 Å². The minimum atomic E-state index is -0.229. The van der Waals surface area contributed by atoms with Gasteiger partial charge in [-0.1, -0.05) is 6.07 Å². The lowest BCUT2D eigenvalue weighted by molar-refractivity contribution is -0.119. The van der Waals surface area contributed by atoms with Gasteiger partial charge in [0.2, 0.25) is 5.91 Å². The summed E-state index contributed by atoms with van der Waals surface area (Å²) in [6.45, 7) is 2.19. The molecular formula is C21H21N3O4S. The van der Waals surface area contributed by atoms with Gasteiger partial charge in [0.1, 0.15) is 6.61 Å². The highest BCUT2D eigenvalue weighted by Gasteiger charge is 2.12. The first kappa shape index (κ1) is 20.3. The molecule has 0 bridgehead atoms. The Labute approximate surface area is 172 Å². The molecule has 7 nitrogen and oxygen atoms in total. The molecule has 0 radical (unpaired) electrons. The fourth-order valence-electron chi connectivity index (χ4n) is 2.51. The number of carbonyl (C=O) groups is 2. The zero-order chi connectivity index (χ0) is 20.6. The van der Waals surface area contributed by atoms with Crippen LogP contribution in [0.15, 0.2) is 54.9 Å². The number of aromatic nitrogens is 1. The minimum absolute atomic E-state index is 0.110. The molecule has 0 atom stereocenters. The van der Waals surface area contributed by atoms with Crippen molar-refractivity contribution in [3.8, 4) is 11.5 Å². The molecule has 3 aromatic rings. The quantitative estimate of drug-likeness (QED) is 0.591. The monoisotopic (exact) mass is 411 g/mol. The Hall–Kier alpha value is -3.39. The van der Waals surface area contributed by atoms with Crippen LogP contribution < -0.4 is 20.1 Å². The Morgan fingerprint density at radius 2 is 2.00 bits per heavy atom. The number of rotatable bonds is 8. The van der Waals surface area contributed by atoms with Crippen LogP contribution in [0, 0.1) is 0 Å². The Morgan fingerprint density at radius 3 is 2.72 bits per heavy atom. The third kappa shape index (κ3) is 5.79. The summed E-state index contributed by atoms with van der Waals surface area (Å²) < 4.78 is 11.2. The molecule has 0 aliphatic carbocycles. The van der Waals surface area contributed by atoms with Gasteiger partial charge in [-0.25, -0.2) is 0 Å². The van der Waals surface area contributed by atoms with Gasteiger partial charge in [-0.3, -0.25) is 14.6 Å². The number of anilines is 1. The molecule has 3 rings (SSSR count). The molecule has 29 heavy (non-hydrogen) atoms. The normalized spacial score (nSPS) is 10.3. The molecule has 0 aliphatic heterocycles. The molecule has 8 heteroatoms. The van der Waals surface area contributed by atoms with E-state index in [4.69, 9.17) is 9.47 Å². The van der Waals surface area contributed by atoms with E-state index < -0.39 is 0 Å². The number of nitrogens with zero attached hydrogens (tertiary/aromatic N) is 1. The Kier molecular flexibility index (Phi) is 6.80. The fraction of sp³-hybridized carbons (Fsp3) is 0.190. The molecule has 150 valence electrons. The Balaban J connectivity index is 1.67.